The summed E-state index contributed by atoms with van der Waals surface area (Å²) in [5, 5.41) is 36.8. The van der Waals surface area contributed by atoms with E-state index < -0.39 is 36.3 Å². The molecule has 0 aliphatic heterocycles. The zero-order valence-electron chi connectivity index (χ0n) is 7.70. The molecule has 0 saturated heterocycles. The van der Waals surface area contributed by atoms with Gasteiger partial charge in [-0.2, -0.15) is 0 Å². The van der Waals surface area contributed by atoms with Crippen molar-refractivity contribution in [1.82, 2.24) is 0 Å². The summed E-state index contributed by atoms with van der Waals surface area (Å²) in [7, 11) is 1.32. The van der Waals surface area contributed by atoms with Crippen LogP contribution in [0.3, 0.4) is 0 Å². The molecule has 0 aromatic rings. The molecule has 5 unspecified atom stereocenters. The highest BCUT2D eigenvalue weighted by atomic mass is 16.5. The Morgan fingerprint density at radius 1 is 1.21 bits per heavy atom. The van der Waals surface area contributed by atoms with E-state index in [4.69, 9.17) is 9.84 Å². The third kappa shape index (κ3) is 1.88. The Balaban J connectivity index is 2.78. The Bertz CT molecular complexity index is 216. The molecule has 0 amide bonds. The molecule has 0 spiro atoms. The van der Waals surface area contributed by atoms with Crippen LogP contribution in [0, 0.1) is 5.92 Å². The summed E-state index contributed by atoms with van der Waals surface area (Å²) in [5.74, 6) is -2.30. The maximum Gasteiger partial charge on any atom is 0.309 e. The number of carbonyl (C=O) groups is 1. The molecular formula is C8H14O6. The average molecular weight is 206 g/mol. The lowest BCUT2D eigenvalue weighted by atomic mass is 9.81. The number of hydrogen-bond donors (Lipinski definition) is 4. The van der Waals surface area contributed by atoms with Gasteiger partial charge in [-0.15, -0.1) is 0 Å². The Hall–Kier alpha value is -0.690. The van der Waals surface area contributed by atoms with Crippen molar-refractivity contribution in [3.63, 3.8) is 0 Å². The van der Waals surface area contributed by atoms with Crippen LogP contribution in [0.4, 0.5) is 0 Å². The zero-order chi connectivity index (χ0) is 10.9. The van der Waals surface area contributed by atoms with Gasteiger partial charge in [0, 0.05) is 7.11 Å². The Morgan fingerprint density at radius 3 is 2.21 bits per heavy atom. The van der Waals surface area contributed by atoms with Crippen molar-refractivity contribution in [2.24, 2.45) is 5.92 Å². The molecule has 0 aromatic carbocycles. The van der Waals surface area contributed by atoms with Crippen LogP contribution in [0.2, 0.25) is 0 Å². The second kappa shape index (κ2) is 4.22. The van der Waals surface area contributed by atoms with Crippen LogP contribution in [-0.4, -0.2) is 57.9 Å². The van der Waals surface area contributed by atoms with Gasteiger partial charge in [0.1, 0.15) is 12.2 Å². The molecule has 0 radical (unpaired) electrons. The van der Waals surface area contributed by atoms with E-state index in [1.807, 2.05) is 0 Å². The summed E-state index contributed by atoms with van der Waals surface area (Å²) >= 11 is 0. The number of aliphatic hydroxyl groups is 3. The zero-order valence-corrected chi connectivity index (χ0v) is 7.70. The van der Waals surface area contributed by atoms with Gasteiger partial charge in [0.05, 0.1) is 18.1 Å². The van der Waals surface area contributed by atoms with Crippen molar-refractivity contribution in [3.05, 3.63) is 0 Å². The van der Waals surface area contributed by atoms with Gasteiger partial charge >= 0.3 is 5.97 Å². The summed E-state index contributed by atoms with van der Waals surface area (Å²) in [5.41, 5.74) is 0. The van der Waals surface area contributed by atoms with Crippen molar-refractivity contribution in [1.29, 1.82) is 0 Å². The van der Waals surface area contributed by atoms with E-state index in [2.05, 4.69) is 0 Å². The van der Waals surface area contributed by atoms with Crippen molar-refractivity contribution in [2.75, 3.05) is 7.11 Å². The number of hydrogen-bond acceptors (Lipinski definition) is 5. The highest BCUT2D eigenvalue weighted by molar-refractivity contribution is 5.71. The molecule has 6 heteroatoms. The quantitative estimate of drug-likeness (QED) is 0.424. The van der Waals surface area contributed by atoms with Gasteiger partial charge in [-0.1, -0.05) is 0 Å². The van der Waals surface area contributed by atoms with Gasteiger partial charge in [0.2, 0.25) is 0 Å². The van der Waals surface area contributed by atoms with E-state index in [0.29, 0.717) is 0 Å². The minimum absolute atomic E-state index is 0.00870. The summed E-state index contributed by atoms with van der Waals surface area (Å²) in [4.78, 5) is 10.7. The second-order valence-corrected chi connectivity index (χ2v) is 3.43. The summed E-state index contributed by atoms with van der Waals surface area (Å²) in [6.07, 6.45) is -4.94. The predicted molar refractivity (Wildman–Crippen MR) is 44.6 cm³/mol. The van der Waals surface area contributed by atoms with Gasteiger partial charge in [-0.3, -0.25) is 4.79 Å². The van der Waals surface area contributed by atoms with Gasteiger partial charge in [-0.05, 0) is 6.42 Å². The van der Waals surface area contributed by atoms with Crippen LogP contribution in [0.1, 0.15) is 6.42 Å². The van der Waals surface area contributed by atoms with Gasteiger partial charge in [-0.25, -0.2) is 0 Å². The lowest BCUT2D eigenvalue weighted by molar-refractivity contribution is -0.182. The maximum atomic E-state index is 10.7. The van der Waals surface area contributed by atoms with Crippen LogP contribution >= 0.6 is 0 Å². The van der Waals surface area contributed by atoms with Crippen LogP contribution in [0.15, 0.2) is 0 Å². The van der Waals surface area contributed by atoms with Gasteiger partial charge in [0.15, 0.2) is 0 Å². The van der Waals surface area contributed by atoms with E-state index in [1.165, 1.54) is 7.11 Å². The van der Waals surface area contributed by atoms with Crippen molar-refractivity contribution >= 4 is 5.97 Å². The van der Waals surface area contributed by atoms with Gasteiger partial charge < -0.3 is 25.2 Å². The molecule has 0 heterocycles. The first-order valence-corrected chi connectivity index (χ1v) is 4.28. The molecule has 14 heavy (non-hydrogen) atoms. The first kappa shape index (κ1) is 11.4. The van der Waals surface area contributed by atoms with Crippen LogP contribution in [0.5, 0.6) is 0 Å². The molecule has 5 atom stereocenters. The molecule has 1 saturated carbocycles. The SMILES string of the molecule is COC1CC(C(=O)O)C(O)C(O)C1O. The van der Waals surface area contributed by atoms with Crippen LogP contribution < -0.4 is 0 Å². The predicted octanol–water partition coefficient (Wildman–Crippen LogP) is -1.81. The number of aliphatic hydroxyl groups excluding tert-OH is 3. The van der Waals surface area contributed by atoms with E-state index >= 15 is 0 Å². The standard InChI is InChI=1S/C8H14O6/c1-14-4-2-3(8(12)13)5(9)7(11)6(4)10/h3-7,9-11H,2H2,1H3,(H,12,13). The topological polar surface area (TPSA) is 107 Å². The van der Waals surface area contributed by atoms with Crippen molar-refractivity contribution < 1.29 is 30.0 Å². The number of ether oxygens (including phenoxy) is 1. The highest BCUT2D eigenvalue weighted by Gasteiger charge is 2.45. The third-order valence-electron chi connectivity index (χ3n) is 2.60. The molecule has 0 aromatic heterocycles. The second-order valence-electron chi connectivity index (χ2n) is 3.43. The molecule has 6 nitrogen and oxygen atoms in total. The van der Waals surface area contributed by atoms with E-state index in [0.717, 1.165) is 0 Å². The molecule has 1 rings (SSSR count). The largest absolute Gasteiger partial charge is 0.481 e. The monoisotopic (exact) mass is 206 g/mol. The maximum absolute atomic E-state index is 10.7. The van der Waals surface area contributed by atoms with E-state index in [-0.39, 0.29) is 6.42 Å². The number of carboxylic acids is 1. The summed E-state index contributed by atoms with van der Waals surface area (Å²) < 4.78 is 4.82. The molecule has 82 valence electrons. The first-order valence-electron chi connectivity index (χ1n) is 4.28. The van der Waals surface area contributed by atoms with Crippen LogP contribution in [0.25, 0.3) is 0 Å². The van der Waals surface area contributed by atoms with E-state index in [1.54, 1.807) is 0 Å². The third-order valence-corrected chi connectivity index (χ3v) is 2.60. The summed E-state index contributed by atoms with van der Waals surface area (Å²) in [6.45, 7) is 0. The fourth-order valence-corrected chi connectivity index (χ4v) is 1.67. The Labute approximate surface area is 80.7 Å². The first-order chi connectivity index (χ1) is 6.49. The molecular weight excluding hydrogens is 192 g/mol. The number of aliphatic carboxylic acids is 1. The van der Waals surface area contributed by atoms with Crippen molar-refractivity contribution in [2.45, 2.75) is 30.8 Å². The fraction of sp³-hybridized carbons (Fsp3) is 0.875. The molecule has 1 aliphatic rings. The van der Waals surface area contributed by atoms with E-state index in [9.17, 15) is 20.1 Å². The Kier molecular flexibility index (Phi) is 3.43. The lowest BCUT2D eigenvalue weighted by Gasteiger charge is -2.37. The highest BCUT2D eigenvalue weighted by Crippen LogP contribution is 2.27. The summed E-state index contributed by atoms with van der Waals surface area (Å²) in [6, 6.07) is 0. The molecule has 0 bridgehead atoms. The number of carboxylic acid groups (broad SMARTS) is 1. The molecule has 1 aliphatic carbocycles. The fourth-order valence-electron chi connectivity index (χ4n) is 1.67. The Morgan fingerprint density at radius 2 is 1.79 bits per heavy atom. The molecule has 4 N–H and O–H groups in total. The lowest BCUT2D eigenvalue weighted by Crippen LogP contribution is -2.55. The average Bonchev–Trinajstić information content (AvgIpc) is 2.14. The molecule has 1 fully saturated rings. The number of rotatable bonds is 2. The smallest absolute Gasteiger partial charge is 0.309 e. The minimum atomic E-state index is -1.48. The van der Waals surface area contributed by atoms with Crippen LogP contribution in [-0.2, 0) is 9.53 Å². The van der Waals surface area contributed by atoms with Gasteiger partial charge in [0.25, 0.3) is 0 Å². The minimum Gasteiger partial charge on any atom is -0.481 e. The van der Waals surface area contributed by atoms with Crippen molar-refractivity contribution in [3.8, 4) is 0 Å². The normalized spacial score (nSPS) is 43.6. The number of methoxy groups -OCH3 is 1.